The van der Waals surface area contributed by atoms with Gasteiger partial charge in [0, 0.05) is 12.4 Å². The first-order valence-corrected chi connectivity index (χ1v) is 8.89. The van der Waals surface area contributed by atoms with Gasteiger partial charge in [-0.05, 0) is 54.9 Å². The predicted molar refractivity (Wildman–Crippen MR) is 104 cm³/mol. The van der Waals surface area contributed by atoms with Crippen LogP contribution in [0.5, 0.6) is 0 Å². The van der Waals surface area contributed by atoms with E-state index in [0.717, 1.165) is 18.4 Å². The van der Waals surface area contributed by atoms with Gasteiger partial charge in [0.05, 0.1) is 0 Å². The summed E-state index contributed by atoms with van der Waals surface area (Å²) in [6.45, 7) is 2.22. The molecule has 0 spiro atoms. The monoisotopic (exact) mass is 315 g/mol. The third-order valence-corrected chi connectivity index (χ3v) is 4.64. The highest BCUT2D eigenvalue weighted by molar-refractivity contribution is 5.56. The quantitative estimate of drug-likeness (QED) is 0.616. The van der Waals surface area contributed by atoms with Crippen LogP contribution in [0.15, 0.2) is 89.4 Å². The van der Waals surface area contributed by atoms with Crippen molar-refractivity contribution in [2.75, 3.05) is 0 Å². The molecule has 0 bridgehead atoms. The van der Waals surface area contributed by atoms with E-state index < -0.39 is 0 Å². The molecule has 24 heavy (non-hydrogen) atoms. The lowest BCUT2D eigenvalue weighted by Gasteiger charge is -2.18. The molecule has 0 aliphatic heterocycles. The summed E-state index contributed by atoms with van der Waals surface area (Å²) in [6.07, 6.45) is 27.5. The summed E-state index contributed by atoms with van der Waals surface area (Å²) in [7, 11) is 0. The zero-order valence-corrected chi connectivity index (χ0v) is 14.4. The molecule has 0 saturated heterocycles. The third-order valence-electron chi connectivity index (χ3n) is 4.64. The smallest absolute Gasteiger partial charge is 0.0340 e. The Kier molecular flexibility index (Phi) is 5.79. The second kappa shape index (κ2) is 8.44. The van der Waals surface area contributed by atoms with Crippen LogP contribution in [0.1, 0.15) is 44.6 Å². The van der Waals surface area contributed by atoms with Crippen molar-refractivity contribution in [3.63, 3.8) is 0 Å². The maximum absolute atomic E-state index is 4.18. The molecule has 0 unspecified atom stereocenters. The molecule has 1 fully saturated rings. The first-order chi connectivity index (χ1) is 11.8. The normalized spacial score (nSPS) is 17.6. The maximum Gasteiger partial charge on any atom is 0.0340 e. The zero-order chi connectivity index (χ0) is 16.6. The Labute approximate surface area is 145 Å². The van der Waals surface area contributed by atoms with Crippen molar-refractivity contribution in [3.05, 3.63) is 94.9 Å². The molecule has 1 saturated carbocycles. The average Bonchev–Trinajstić information content (AvgIpc) is 2.81. The molecular weight excluding hydrogens is 290 g/mol. The second-order valence-corrected chi connectivity index (χ2v) is 6.31. The van der Waals surface area contributed by atoms with Crippen LogP contribution >= 0.6 is 0 Å². The summed E-state index contributed by atoms with van der Waals surface area (Å²) in [6, 6.07) is 4.07. The number of pyridine rings is 1. The summed E-state index contributed by atoms with van der Waals surface area (Å²) in [4.78, 5) is 4.18. The van der Waals surface area contributed by atoms with Gasteiger partial charge >= 0.3 is 0 Å². The van der Waals surface area contributed by atoms with Crippen molar-refractivity contribution in [1.29, 1.82) is 0 Å². The number of rotatable bonds is 5. The van der Waals surface area contributed by atoms with E-state index in [1.165, 1.54) is 36.0 Å². The van der Waals surface area contributed by atoms with Crippen LogP contribution in [0, 0.1) is 0 Å². The van der Waals surface area contributed by atoms with Crippen LogP contribution in [-0.2, 0) is 0 Å². The van der Waals surface area contributed by atoms with Gasteiger partial charge in [0.1, 0.15) is 0 Å². The van der Waals surface area contributed by atoms with E-state index in [2.05, 4.69) is 66.6 Å². The first-order valence-electron chi connectivity index (χ1n) is 8.89. The molecule has 0 aromatic carbocycles. The SMILES string of the molecule is CCC1=CC=CC(/C=C/C(/C=C/c2cccnc2)=C2CCC2)=CC1. The minimum Gasteiger partial charge on any atom is -0.264 e. The summed E-state index contributed by atoms with van der Waals surface area (Å²) >= 11 is 0. The van der Waals surface area contributed by atoms with Crippen LogP contribution < -0.4 is 0 Å². The fourth-order valence-electron chi connectivity index (χ4n) is 2.85. The molecule has 122 valence electrons. The number of nitrogens with zero attached hydrogens (tertiary/aromatic N) is 1. The highest BCUT2D eigenvalue weighted by Crippen LogP contribution is 2.30. The van der Waals surface area contributed by atoms with E-state index in [0.29, 0.717) is 0 Å². The van der Waals surface area contributed by atoms with Crippen LogP contribution in [0.4, 0.5) is 0 Å². The van der Waals surface area contributed by atoms with Gasteiger partial charge in [-0.15, -0.1) is 0 Å². The van der Waals surface area contributed by atoms with Crippen molar-refractivity contribution in [2.24, 2.45) is 0 Å². The minimum atomic E-state index is 1.06. The van der Waals surface area contributed by atoms with Crippen molar-refractivity contribution in [3.8, 4) is 0 Å². The van der Waals surface area contributed by atoms with E-state index in [1.807, 2.05) is 18.5 Å². The summed E-state index contributed by atoms with van der Waals surface area (Å²) in [5, 5.41) is 0. The first kappa shape index (κ1) is 16.4. The number of hydrogen-bond donors (Lipinski definition) is 0. The Morgan fingerprint density at radius 3 is 2.79 bits per heavy atom. The van der Waals surface area contributed by atoms with Crippen molar-refractivity contribution in [2.45, 2.75) is 39.0 Å². The molecule has 0 atom stereocenters. The lowest BCUT2D eigenvalue weighted by atomic mass is 9.87. The van der Waals surface area contributed by atoms with E-state index in [4.69, 9.17) is 0 Å². The molecule has 2 aliphatic carbocycles. The highest BCUT2D eigenvalue weighted by Gasteiger charge is 2.11. The van der Waals surface area contributed by atoms with E-state index in [1.54, 1.807) is 5.57 Å². The van der Waals surface area contributed by atoms with Crippen LogP contribution in [0.25, 0.3) is 6.08 Å². The molecule has 3 rings (SSSR count). The van der Waals surface area contributed by atoms with Gasteiger partial charge in [-0.3, -0.25) is 4.98 Å². The largest absolute Gasteiger partial charge is 0.264 e. The minimum absolute atomic E-state index is 1.06. The highest BCUT2D eigenvalue weighted by atomic mass is 14.6. The lowest BCUT2D eigenvalue weighted by molar-refractivity contribution is 0.657. The lowest BCUT2D eigenvalue weighted by Crippen LogP contribution is -1.99. The molecule has 1 aromatic rings. The Bertz CT molecular complexity index is 733. The van der Waals surface area contributed by atoms with E-state index >= 15 is 0 Å². The molecule has 0 radical (unpaired) electrons. The fraction of sp³-hybridized carbons (Fsp3) is 0.261. The molecule has 1 heterocycles. The van der Waals surface area contributed by atoms with Crippen molar-refractivity contribution < 1.29 is 0 Å². The zero-order valence-electron chi connectivity index (χ0n) is 14.4. The maximum atomic E-state index is 4.18. The van der Waals surface area contributed by atoms with Gasteiger partial charge in [-0.25, -0.2) is 0 Å². The number of hydrogen-bond acceptors (Lipinski definition) is 1. The molecule has 0 N–H and O–H groups in total. The van der Waals surface area contributed by atoms with Gasteiger partial charge in [0.2, 0.25) is 0 Å². The molecule has 1 heteroatoms. The summed E-state index contributed by atoms with van der Waals surface area (Å²) < 4.78 is 0. The molecule has 1 nitrogen and oxygen atoms in total. The Balaban J connectivity index is 1.74. The second-order valence-electron chi connectivity index (χ2n) is 6.31. The van der Waals surface area contributed by atoms with Gasteiger partial charge < -0.3 is 0 Å². The Hall–Kier alpha value is -2.41. The number of allylic oxidation sites excluding steroid dienone is 11. The Morgan fingerprint density at radius 2 is 2.08 bits per heavy atom. The van der Waals surface area contributed by atoms with Gasteiger partial charge in [0.25, 0.3) is 0 Å². The molecular formula is C23H25N. The van der Waals surface area contributed by atoms with Gasteiger partial charge in [-0.1, -0.05) is 72.7 Å². The van der Waals surface area contributed by atoms with E-state index in [9.17, 15) is 0 Å². The summed E-state index contributed by atoms with van der Waals surface area (Å²) in [5.74, 6) is 0. The van der Waals surface area contributed by atoms with Crippen LogP contribution in [0.2, 0.25) is 0 Å². The molecule has 0 amide bonds. The van der Waals surface area contributed by atoms with Crippen molar-refractivity contribution >= 4 is 6.08 Å². The van der Waals surface area contributed by atoms with Gasteiger partial charge in [0.15, 0.2) is 0 Å². The Morgan fingerprint density at radius 1 is 1.21 bits per heavy atom. The van der Waals surface area contributed by atoms with Crippen LogP contribution in [0.3, 0.4) is 0 Å². The summed E-state index contributed by atoms with van der Waals surface area (Å²) in [5.41, 5.74) is 6.85. The fourth-order valence-corrected chi connectivity index (χ4v) is 2.85. The van der Waals surface area contributed by atoms with Crippen LogP contribution in [-0.4, -0.2) is 4.98 Å². The third kappa shape index (κ3) is 4.55. The van der Waals surface area contributed by atoms with Gasteiger partial charge in [-0.2, -0.15) is 0 Å². The van der Waals surface area contributed by atoms with E-state index in [-0.39, 0.29) is 0 Å². The topological polar surface area (TPSA) is 12.9 Å². The predicted octanol–water partition coefficient (Wildman–Crippen LogP) is 6.35. The molecule has 2 aliphatic rings. The number of aromatic nitrogens is 1. The molecule has 1 aromatic heterocycles. The average molecular weight is 315 g/mol. The standard InChI is InChI=1S/C23H25N/c1-2-19-6-3-7-20(12-11-19)13-15-23(22-9-4-10-22)16-14-21-8-5-17-24-18-21/h3,5-8,12-18H,2,4,9-11H2,1H3/b15-13+,16-14+. The van der Waals surface area contributed by atoms with Crippen molar-refractivity contribution in [1.82, 2.24) is 4.98 Å².